The van der Waals surface area contributed by atoms with Gasteiger partial charge in [-0.15, -0.1) is 0 Å². The van der Waals surface area contributed by atoms with Crippen LogP contribution in [0.1, 0.15) is 137 Å². The van der Waals surface area contributed by atoms with Crippen molar-refractivity contribution in [3.05, 3.63) is 11.9 Å². The number of unbranched alkanes of at least 4 members (excludes halogenated alkanes) is 5. The van der Waals surface area contributed by atoms with Gasteiger partial charge >= 0.3 is 0 Å². The molecule has 0 aromatic carbocycles. The quantitative estimate of drug-likeness (QED) is 0.225. The Labute approximate surface area is 211 Å². The molecule has 0 aliphatic carbocycles. The van der Waals surface area contributed by atoms with E-state index in [1.54, 1.807) is 4.80 Å². The molecule has 0 saturated carbocycles. The fraction of sp³-hybridized carbons (Fsp3) is 0.897. The lowest BCUT2D eigenvalue weighted by Crippen LogP contribution is -2.38. The molecule has 0 bridgehead atoms. The molecule has 5 heteroatoms. The molecule has 1 aromatic heterocycles. The van der Waals surface area contributed by atoms with Crippen LogP contribution in [0.15, 0.2) is 11.4 Å². The maximum absolute atomic E-state index is 5.63. The minimum Gasteiger partial charge on any atom is -0.396 e. The lowest BCUT2D eigenvalue weighted by molar-refractivity contribution is 0.0840. The minimum absolute atomic E-state index is 0.0772. The lowest BCUT2D eigenvalue weighted by Gasteiger charge is -2.37. The first-order valence-corrected chi connectivity index (χ1v) is 14.5. The summed E-state index contributed by atoms with van der Waals surface area (Å²) in [5.41, 5.74) is 2.42. The van der Waals surface area contributed by atoms with E-state index in [0.29, 0.717) is 5.92 Å². The standard InChI is InChI=1S/C19H34N4O.C10H22/c1-5-8-9-11-19(10-6-2,13-17-14-20-23(4)21-17)18-12-16(7-3)15-24-22-18;1-4-6-7-8-9-10(3)5-2/h14,16H,5-13,15H2,1-4H3;10H,4-9H2,1-3H3. The van der Waals surface area contributed by atoms with Crippen LogP contribution in [-0.2, 0) is 18.3 Å². The Morgan fingerprint density at radius 1 is 1.00 bits per heavy atom. The van der Waals surface area contributed by atoms with Gasteiger partial charge in [-0.1, -0.05) is 111 Å². The monoisotopic (exact) mass is 476 g/mol. The summed E-state index contributed by atoms with van der Waals surface area (Å²) >= 11 is 0. The molecule has 2 heterocycles. The normalized spacial score (nSPS) is 18.3. The molecule has 1 aliphatic heterocycles. The van der Waals surface area contributed by atoms with Gasteiger partial charge in [0.2, 0.25) is 0 Å². The largest absolute Gasteiger partial charge is 0.396 e. The highest BCUT2D eigenvalue weighted by atomic mass is 16.6. The Kier molecular flexibility index (Phi) is 16.2. The van der Waals surface area contributed by atoms with E-state index >= 15 is 0 Å². The number of rotatable bonds is 16. The highest BCUT2D eigenvalue weighted by Gasteiger charge is 2.38. The van der Waals surface area contributed by atoms with Gasteiger partial charge in [0.1, 0.15) is 6.61 Å². The number of aryl methyl sites for hydroxylation is 1. The average Bonchev–Trinajstić information content (AvgIpc) is 3.26. The molecule has 0 spiro atoms. The predicted molar refractivity (Wildman–Crippen MR) is 146 cm³/mol. The maximum atomic E-state index is 5.63. The number of hydrogen-bond acceptors (Lipinski definition) is 4. The summed E-state index contributed by atoms with van der Waals surface area (Å²) in [6, 6.07) is 0. The topological polar surface area (TPSA) is 52.3 Å². The third kappa shape index (κ3) is 11.4. The van der Waals surface area contributed by atoms with Crippen molar-refractivity contribution in [1.82, 2.24) is 15.0 Å². The van der Waals surface area contributed by atoms with Crippen LogP contribution in [0, 0.1) is 17.3 Å². The Bertz CT molecular complexity index is 656. The van der Waals surface area contributed by atoms with Crippen molar-refractivity contribution < 1.29 is 4.84 Å². The second-order valence-corrected chi connectivity index (χ2v) is 10.7. The smallest absolute Gasteiger partial charge is 0.120 e. The lowest BCUT2D eigenvalue weighted by atomic mass is 9.69. The van der Waals surface area contributed by atoms with Crippen molar-refractivity contribution in [3.8, 4) is 0 Å². The Morgan fingerprint density at radius 3 is 2.32 bits per heavy atom. The molecule has 3 atom stereocenters. The van der Waals surface area contributed by atoms with E-state index < -0.39 is 0 Å². The van der Waals surface area contributed by atoms with E-state index in [0.717, 1.165) is 50.3 Å². The number of oxime groups is 1. The molecule has 2 rings (SSSR count). The van der Waals surface area contributed by atoms with Crippen molar-refractivity contribution in [2.75, 3.05) is 6.61 Å². The Balaban J connectivity index is 0.000000489. The zero-order valence-electron chi connectivity index (χ0n) is 23.7. The summed E-state index contributed by atoms with van der Waals surface area (Å²) in [6.07, 6.45) is 20.8. The predicted octanol–water partition coefficient (Wildman–Crippen LogP) is 8.53. The molecule has 0 N–H and O–H groups in total. The third-order valence-corrected chi connectivity index (χ3v) is 7.56. The van der Waals surface area contributed by atoms with Gasteiger partial charge in [0.15, 0.2) is 0 Å². The van der Waals surface area contributed by atoms with Crippen molar-refractivity contribution in [3.63, 3.8) is 0 Å². The minimum atomic E-state index is 0.0772. The molecule has 3 unspecified atom stereocenters. The van der Waals surface area contributed by atoms with Crippen LogP contribution in [-0.4, -0.2) is 27.3 Å². The molecule has 5 nitrogen and oxygen atoms in total. The second-order valence-electron chi connectivity index (χ2n) is 10.7. The Morgan fingerprint density at radius 2 is 1.74 bits per heavy atom. The Hall–Kier alpha value is -1.39. The first-order chi connectivity index (χ1) is 16.4. The maximum Gasteiger partial charge on any atom is 0.120 e. The van der Waals surface area contributed by atoms with E-state index in [2.05, 4.69) is 56.9 Å². The van der Waals surface area contributed by atoms with E-state index in [9.17, 15) is 0 Å². The molecule has 1 aliphatic rings. The molecule has 198 valence electrons. The van der Waals surface area contributed by atoms with E-state index in [-0.39, 0.29) is 5.41 Å². The molecule has 0 fully saturated rings. The van der Waals surface area contributed by atoms with Gasteiger partial charge in [-0.3, -0.25) is 0 Å². The summed E-state index contributed by atoms with van der Waals surface area (Å²) in [4.78, 5) is 7.29. The first kappa shape index (κ1) is 30.6. The van der Waals surface area contributed by atoms with Gasteiger partial charge in [-0.2, -0.15) is 15.0 Å². The summed E-state index contributed by atoms with van der Waals surface area (Å²) in [5, 5.41) is 13.4. The van der Waals surface area contributed by atoms with Crippen LogP contribution in [0.25, 0.3) is 0 Å². The van der Waals surface area contributed by atoms with Crippen molar-refractivity contribution in [2.45, 2.75) is 138 Å². The van der Waals surface area contributed by atoms with Gasteiger partial charge in [0, 0.05) is 24.8 Å². The van der Waals surface area contributed by atoms with E-state index in [1.165, 1.54) is 69.9 Å². The van der Waals surface area contributed by atoms with Crippen LogP contribution in [0.2, 0.25) is 0 Å². The zero-order chi connectivity index (χ0) is 25.2. The summed E-state index contributed by atoms with van der Waals surface area (Å²) in [7, 11) is 1.89. The van der Waals surface area contributed by atoms with Crippen molar-refractivity contribution in [1.29, 1.82) is 0 Å². The van der Waals surface area contributed by atoms with Crippen molar-refractivity contribution in [2.24, 2.45) is 29.5 Å². The number of nitrogens with zero attached hydrogens (tertiary/aromatic N) is 4. The molecule has 0 amide bonds. The molecule has 0 radical (unpaired) electrons. The molecule has 1 aromatic rings. The zero-order valence-corrected chi connectivity index (χ0v) is 23.7. The van der Waals surface area contributed by atoms with Gasteiger partial charge in [0.25, 0.3) is 0 Å². The van der Waals surface area contributed by atoms with E-state index in [1.807, 2.05) is 13.2 Å². The van der Waals surface area contributed by atoms with Crippen LogP contribution >= 0.6 is 0 Å². The summed E-state index contributed by atoms with van der Waals surface area (Å²) in [5.74, 6) is 1.55. The van der Waals surface area contributed by atoms with Gasteiger partial charge in [-0.05, 0) is 31.6 Å². The highest BCUT2D eigenvalue weighted by molar-refractivity contribution is 5.90. The van der Waals surface area contributed by atoms with Gasteiger partial charge in [0.05, 0.1) is 17.6 Å². The number of aromatic nitrogens is 3. The van der Waals surface area contributed by atoms with Gasteiger partial charge < -0.3 is 4.84 Å². The second kappa shape index (κ2) is 18.0. The fourth-order valence-electron chi connectivity index (χ4n) is 4.99. The van der Waals surface area contributed by atoms with Gasteiger partial charge in [-0.25, -0.2) is 0 Å². The summed E-state index contributed by atoms with van der Waals surface area (Å²) in [6.45, 7) is 14.4. The highest BCUT2D eigenvalue weighted by Crippen LogP contribution is 2.39. The molecular formula is C29H56N4O. The van der Waals surface area contributed by atoms with Crippen molar-refractivity contribution >= 4 is 5.71 Å². The SMILES string of the molecule is CCCCCC(CCC)(Cc1cnn(C)n1)C1=NOCC(CC)C1.CCCCCCC(C)CC. The van der Waals surface area contributed by atoms with Crippen LogP contribution < -0.4 is 0 Å². The summed E-state index contributed by atoms with van der Waals surface area (Å²) < 4.78 is 0. The van der Waals surface area contributed by atoms with Crippen LogP contribution in [0.3, 0.4) is 0 Å². The fourth-order valence-corrected chi connectivity index (χ4v) is 4.99. The third-order valence-electron chi connectivity index (χ3n) is 7.56. The van der Waals surface area contributed by atoms with Crippen LogP contribution in [0.5, 0.6) is 0 Å². The molecular weight excluding hydrogens is 420 g/mol. The first-order valence-electron chi connectivity index (χ1n) is 14.5. The number of hydrogen-bond donors (Lipinski definition) is 0. The van der Waals surface area contributed by atoms with Crippen LogP contribution in [0.4, 0.5) is 0 Å². The average molecular weight is 477 g/mol. The molecule has 34 heavy (non-hydrogen) atoms. The molecule has 0 saturated heterocycles. The van der Waals surface area contributed by atoms with E-state index in [4.69, 9.17) is 4.84 Å².